The zero-order valence-corrected chi connectivity index (χ0v) is 12.7. The molecule has 2 N–H and O–H groups in total. The average Bonchev–Trinajstić information content (AvgIpc) is 2.49. The Balaban J connectivity index is 1.57. The maximum Gasteiger partial charge on any atom is 0.220 e. The quantitative estimate of drug-likeness (QED) is 0.744. The molecule has 2 rings (SSSR count). The van der Waals surface area contributed by atoms with E-state index in [1.165, 1.54) is 12.8 Å². The molecule has 2 saturated heterocycles. The summed E-state index contributed by atoms with van der Waals surface area (Å²) in [5.74, 6) is 1.34. The van der Waals surface area contributed by atoms with Gasteiger partial charge in [-0.25, -0.2) is 0 Å². The van der Waals surface area contributed by atoms with Gasteiger partial charge in [-0.2, -0.15) is 0 Å². The molecule has 0 aromatic carbocycles. The van der Waals surface area contributed by atoms with Crippen molar-refractivity contribution in [3.63, 3.8) is 0 Å². The number of carbonyl (C=O) groups is 1. The normalized spacial score (nSPS) is 26.1. The smallest absolute Gasteiger partial charge is 0.220 e. The van der Waals surface area contributed by atoms with Crippen molar-refractivity contribution in [1.82, 2.24) is 15.5 Å². The van der Waals surface area contributed by atoms with Crippen molar-refractivity contribution < 1.29 is 9.53 Å². The number of ether oxygens (including phenoxy) is 1. The topological polar surface area (TPSA) is 53.6 Å². The van der Waals surface area contributed by atoms with Crippen LogP contribution in [0.5, 0.6) is 0 Å². The number of carbonyl (C=O) groups excluding carboxylic acids is 1. The number of nitrogens with zero attached hydrogens (tertiary/aromatic N) is 1. The summed E-state index contributed by atoms with van der Waals surface area (Å²) in [5, 5.41) is 6.48. The molecule has 2 aliphatic heterocycles. The summed E-state index contributed by atoms with van der Waals surface area (Å²) in [7, 11) is 0. The van der Waals surface area contributed by atoms with Crippen LogP contribution in [0.4, 0.5) is 0 Å². The molecule has 116 valence electrons. The van der Waals surface area contributed by atoms with Gasteiger partial charge in [0, 0.05) is 32.6 Å². The first-order valence-corrected chi connectivity index (χ1v) is 8.03. The fourth-order valence-corrected chi connectivity index (χ4v) is 3.07. The summed E-state index contributed by atoms with van der Waals surface area (Å²) in [4.78, 5) is 14.3. The van der Waals surface area contributed by atoms with Crippen LogP contribution in [0.3, 0.4) is 0 Å². The Morgan fingerprint density at radius 1 is 1.45 bits per heavy atom. The van der Waals surface area contributed by atoms with Gasteiger partial charge in [-0.1, -0.05) is 6.92 Å². The standard InChI is InChI=1S/C15H29N3O2/c1-13(14-3-2-4-16-12-14)11-15(19)17-5-6-18-7-9-20-10-8-18/h13-14,16H,2-12H2,1H3,(H,17,19). The fraction of sp³-hybridized carbons (Fsp3) is 0.933. The zero-order chi connectivity index (χ0) is 14.2. The minimum absolute atomic E-state index is 0.205. The second kappa shape index (κ2) is 8.60. The second-order valence-corrected chi connectivity index (χ2v) is 6.09. The van der Waals surface area contributed by atoms with Crippen molar-refractivity contribution >= 4 is 5.91 Å². The average molecular weight is 283 g/mol. The van der Waals surface area contributed by atoms with Crippen LogP contribution >= 0.6 is 0 Å². The number of rotatable bonds is 6. The van der Waals surface area contributed by atoms with Crippen molar-refractivity contribution in [2.45, 2.75) is 26.2 Å². The minimum Gasteiger partial charge on any atom is -0.379 e. The van der Waals surface area contributed by atoms with Gasteiger partial charge in [0.2, 0.25) is 5.91 Å². The van der Waals surface area contributed by atoms with Gasteiger partial charge >= 0.3 is 0 Å². The zero-order valence-electron chi connectivity index (χ0n) is 12.7. The molecule has 0 aliphatic carbocycles. The maximum absolute atomic E-state index is 12.0. The summed E-state index contributed by atoms with van der Waals surface area (Å²) >= 11 is 0. The number of morpholine rings is 1. The molecule has 0 saturated carbocycles. The Hall–Kier alpha value is -0.650. The van der Waals surface area contributed by atoms with E-state index in [0.29, 0.717) is 18.3 Å². The van der Waals surface area contributed by atoms with Crippen LogP contribution in [0.1, 0.15) is 26.2 Å². The van der Waals surface area contributed by atoms with Gasteiger partial charge in [0.1, 0.15) is 0 Å². The largest absolute Gasteiger partial charge is 0.379 e. The van der Waals surface area contributed by atoms with E-state index in [2.05, 4.69) is 22.5 Å². The van der Waals surface area contributed by atoms with Gasteiger partial charge in [-0.3, -0.25) is 9.69 Å². The monoisotopic (exact) mass is 283 g/mol. The highest BCUT2D eigenvalue weighted by Crippen LogP contribution is 2.22. The molecule has 5 heteroatoms. The van der Waals surface area contributed by atoms with Crippen LogP contribution in [0.15, 0.2) is 0 Å². The van der Waals surface area contributed by atoms with Crippen LogP contribution in [0.2, 0.25) is 0 Å². The van der Waals surface area contributed by atoms with E-state index in [-0.39, 0.29) is 5.91 Å². The molecule has 2 heterocycles. The van der Waals surface area contributed by atoms with E-state index in [4.69, 9.17) is 4.74 Å². The third-order valence-electron chi connectivity index (χ3n) is 4.50. The summed E-state index contributed by atoms with van der Waals surface area (Å²) in [5.41, 5.74) is 0. The van der Waals surface area contributed by atoms with Crippen molar-refractivity contribution in [2.75, 3.05) is 52.5 Å². The second-order valence-electron chi connectivity index (χ2n) is 6.09. The predicted molar refractivity (Wildman–Crippen MR) is 79.6 cm³/mol. The molecular formula is C15H29N3O2. The highest BCUT2D eigenvalue weighted by atomic mass is 16.5. The lowest BCUT2D eigenvalue weighted by molar-refractivity contribution is -0.122. The lowest BCUT2D eigenvalue weighted by Crippen LogP contribution is -2.42. The van der Waals surface area contributed by atoms with E-state index < -0.39 is 0 Å². The summed E-state index contributed by atoms with van der Waals surface area (Å²) in [6, 6.07) is 0. The van der Waals surface area contributed by atoms with Crippen molar-refractivity contribution in [2.24, 2.45) is 11.8 Å². The van der Waals surface area contributed by atoms with E-state index in [9.17, 15) is 4.79 Å². The number of piperidine rings is 1. The molecule has 2 aliphatic rings. The van der Waals surface area contributed by atoms with E-state index in [1.807, 2.05) is 0 Å². The molecule has 0 aromatic rings. The summed E-state index contributed by atoms with van der Waals surface area (Å²) in [6.07, 6.45) is 3.17. The van der Waals surface area contributed by atoms with Crippen molar-refractivity contribution in [3.8, 4) is 0 Å². The van der Waals surface area contributed by atoms with Crippen LogP contribution in [0.25, 0.3) is 0 Å². The Kier molecular flexibility index (Phi) is 6.76. The first kappa shape index (κ1) is 15.7. The predicted octanol–water partition coefficient (Wildman–Crippen LogP) is 0.461. The molecule has 0 radical (unpaired) electrons. The van der Waals surface area contributed by atoms with Gasteiger partial charge in [0.25, 0.3) is 0 Å². The van der Waals surface area contributed by atoms with Gasteiger partial charge in [0.15, 0.2) is 0 Å². The third-order valence-corrected chi connectivity index (χ3v) is 4.50. The highest BCUT2D eigenvalue weighted by Gasteiger charge is 2.21. The molecular weight excluding hydrogens is 254 g/mol. The Labute approximate surface area is 122 Å². The highest BCUT2D eigenvalue weighted by molar-refractivity contribution is 5.76. The van der Waals surface area contributed by atoms with E-state index in [0.717, 1.165) is 52.5 Å². The Bertz CT molecular complexity index is 287. The molecule has 0 spiro atoms. The molecule has 2 unspecified atom stereocenters. The number of amides is 1. The van der Waals surface area contributed by atoms with Crippen LogP contribution in [0, 0.1) is 11.8 Å². The molecule has 0 aromatic heterocycles. The SMILES string of the molecule is CC(CC(=O)NCCN1CCOCC1)C1CCCNC1. The minimum atomic E-state index is 0.205. The lowest BCUT2D eigenvalue weighted by Gasteiger charge is -2.28. The first-order valence-electron chi connectivity index (χ1n) is 8.03. The van der Waals surface area contributed by atoms with Crippen LogP contribution in [-0.2, 0) is 9.53 Å². The summed E-state index contributed by atoms with van der Waals surface area (Å²) < 4.78 is 5.31. The lowest BCUT2D eigenvalue weighted by atomic mass is 9.85. The van der Waals surface area contributed by atoms with Crippen molar-refractivity contribution in [1.29, 1.82) is 0 Å². The first-order chi connectivity index (χ1) is 9.75. The number of hydrogen-bond acceptors (Lipinski definition) is 4. The fourth-order valence-electron chi connectivity index (χ4n) is 3.07. The van der Waals surface area contributed by atoms with Crippen LogP contribution < -0.4 is 10.6 Å². The van der Waals surface area contributed by atoms with Crippen LogP contribution in [-0.4, -0.2) is 63.3 Å². The summed E-state index contributed by atoms with van der Waals surface area (Å²) in [6.45, 7) is 9.72. The van der Waals surface area contributed by atoms with Gasteiger partial charge < -0.3 is 15.4 Å². The molecule has 1 amide bonds. The van der Waals surface area contributed by atoms with E-state index in [1.54, 1.807) is 0 Å². The van der Waals surface area contributed by atoms with Gasteiger partial charge in [0.05, 0.1) is 13.2 Å². The molecule has 2 fully saturated rings. The van der Waals surface area contributed by atoms with E-state index >= 15 is 0 Å². The molecule has 2 atom stereocenters. The number of nitrogens with one attached hydrogen (secondary N) is 2. The van der Waals surface area contributed by atoms with Crippen molar-refractivity contribution in [3.05, 3.63) is 0 Å². The molecule has 20 heavy (non-hydrogen) atoms. The maximum atomic E-state index is 12.0. The third kappa shape index (κ3) is 5.38. The molecule has 0 bridgehead atoms. The Morgan fingerprint density at radius 3 is 2.95 bits per heavy atom. The van der Waals surface area contributed by atoms with Gasteiger partial charge in [-0.05, 0) is 37.8 Å². The number of hydrogen-bond donors (Lipinski definition) is 2. The molecule has 5 nitrogen and oxygen atoms in total. The van der Waals surface area contributed by atoms with Gasteiger partial charge in [-0.15, -0.1) is 0 Å². The Morgan fingerprint density at radius 2 is 2.25 bits per heavy atom.